The van der Waals surface area contributed by atoms with Gasteiger partial charge in [-0.3, -0.25) is 4.90 Å². The summed E-state index contributed by atoms with van der Waals surface area (Å²) in [6.45, 7) is 5.92. The highest BCUT2D eigenvalue weighted by atomic mass is 16.3. The number of benzene rings is 1. The van der Waals surface area contributed by atoms with Crippen LogP contribution in [0, 0.1) is 12.8 Å². The molecular formula is C19H22N4O. The van der Waals surface area contributed by atoms with Gasteiger partial charge in [-0.05, 0) is 50.1 Å². The predicted molar refractivity (Wildman–Crippen MR) is 94.9 cm³/mol. The number of anilines is 1. The van der Waals surface area contributed by atoms with Crippen LogP contribution < -0.4 is 5.32 Å². The number of pyridine rings is 1. The summed E-state index contributed by atoms with van der Waals surface area (Å²) in [5.41, 5.74) is 2.86. The van der Waals surface area contributed by atoms with Crippen LogP contribution in [-0.2, 0) is 6.54 Å². The van der Waals surface area contributed by atoms with Crippen LogP contribution in [-0.4, -0.2) is 34.5 Å². The second kappa shape index (κ2) is 6.61. The van der Waals surface area contributed by atoms with Crippen LogP contribution in [0.25, 0.3) is 11.1 Å². The molecule has 4 rings (SSSR count). The molecule has 1 atom stereocenters. The molecule has 5 nitrogen and oxygen atoms in total. The minimum absolute atomic E-state index is 0.636. The number of nitrogens with one attached hydrogen (secondary N) is 1. The van der Waals surface area contributed by atoms with E-state index >= 15 is 0 Å². The van der Waals surface area contributed by atoms with E-state index in [4.69, 9.17) is 4.42 Å². The molecule has 1 N–H and O–H groups in total. The van der Waals surface area contributed by atoms with Crippen LogP contribution in [0.15, 0.2) is 46.9 Å². The molecule has 24 heavy (non-hydrogen) atoms. The van der Waals surface area contributed by atoms with Gasteiger partial charge in [0.05, 0.1) is 6.54 Å². The number of fused-ring (bicyclic) bond motifs is 1. The lowest BCUT2D eigenvalue weighted by Gasteiger charge is -2.14. The molecule has 1 aliphatic heterocycles. The highest BCUT2D eigenvalue weighted by molar-refractivity contribution is 5.72. The Morgan fingerprint density at radius 2 is 2.08 bits per heavy atom. The van der Waals surface area contributed by atoms with Crippen molar-refractivity contribution in [1.29, 1.82) is 0 Å². The van der Waals surface area contributed by atoms with Crippen molar-refractivity contribution >= 4 is 16.9 Å². The van der Waals surface area contributed by atoms with Gasteiger partial charge in [0.15, 0.2) is 5.58 Å². The van der Waals surface area contributed by atoms with E-state index in [1.807, 2.05) is 49.4 Å². The SMILES string of the molecule is Cc1cccc(NC[C@H]2CCN(Cc3nc4ccccc4o3)C2)n1. The first-order valence-corrected chi connectivity index (χ1v) is 8.50. The molecule has 124 valence electrons. The van der Waals surface area contributed by atoms with Gasteiger partial charge in [0, 0.05) is 18.8 Å². The standard InChI is InChI=1S/C19H22N4O/c1-14-5-4-8-18(21-14)20-11-15-9-10-23(12-15)13-19-22-16-6-2-3-7-17(16)24-19/h2-8,15H,9-13H2,1H3,(H,20,21)/t15-/m1/s1. The number of oxazole rings is 1. The summed E-state index contributed by atoms with van der Waals surface area (Å²) in [5, 5.41) is 3.46. The maximum absolute atomic E-state index is 5.83. The molecule has 0 aliphatic carbocycles. The van der Waals surface area contributed by atoms with Crippen molar-refractivity contribution in [2.45, 2.75) is 19.9 Å². The van der Waals surface area contributed by atoms with E-state index in [9.17, 15) is 0 Å². The van der Waals surface area contributed by atoms with Gasteiger partial charge in [0.25, 0.3) is 0 Å². The van der Waals surface area contributed by atoms with Crippen molar-refractivity contribution in [3.05, 3.63) is 54.0 Å². The normalized spacial score (nSPS) is 18.3. The Morgan fingerprint density at radius 3 is 2.96 bits per heavy atom. The molecule has 0 radical (unpaired) electrons. The molecule has 3 heterocycles. The van der Waals surface area contributed by atoms with Gasteiger partial charge in [0.2, 0.25) is 5.89 Å². The lowest BCUT2D eigenvalue weighted by molar-refractivity contribution is 0.286. The second-order valence-electron chi connectivity index (χ2n) is 6.51. The van der Waals surface area contributed by atoms with Crippen molar-refractivity contribution in [2.75, 3.05) is 25.0 Å². The van der Waals surface area contributed by atoms with Gasteiger partial charge in [-0.2, -0.15) is 0 Å². The topological polar surface area (TPSA) is 54.2 Å². The van der Waals surface area contributed by atoms with Crippen molar-refractivity contribution in [3.63, 3.8) is 0 Å². The summed E-state index contributed by atoms with van der Waals surface area (Å²) >= 11 is 0. The smallest absolute Gasteiger partial charge is 0.209 e. The maximum Gasteiger partial charge on any atom is 0.209 e. The zero-order valence-corrected chi connectivity index (χ0v) is 13.9. The van der Waals surface area contributed by atoms with Gasteiger partial charge in [0.1, 0.15) is 11.3 Å². The van der Waals surface area contributed by atoms with E-state index < -0.39 is 0 Å². The number of aromatic nitrogens is 2. The summed E-state index contributed by atoms with van der Waals surface area (Å²) in [7, 11) is 0. The zero-order chi connectivity index (χ0) is 16.4. The van der Waals surface area contributed by atoms with Gasteiger partial charge < -0.3 is 9.73 Å². The fraction of sp³-hybridized carbons (Fsp3) is 0.368. The van der Waals surface area contributed by atoms with Crippen molar-refractivity contribution in [3.8, 4) is 0 Å². The number of para-hydroxylation sites is 2. The van der Waals surface area contributed by atoms with Crippen molar-refractivity contribution in [1.82, 2.24) is 14.9 Å². The molecule has 0 spiro atoms. The summed E-state index contributed by atoms with van der Waals surface area (Å²) in [5.74, 6) is 2.41. The van der Waals surface area contributed by atoms with Crippen LogP contribution in [0.5, 0.6) is 0 Å². The average molecular weight is 322 g/mol. The monoisotopic (exact) mass is 322 g/mol. The minimum atomic E-state index is 0.636. The Kier molecular flexibility index (Phi) is 4.17. The van der Waals surface area contributed by atoms with Gasteiger partial charge in [-0.1, -0.05) is 18.2 Å². The number of nitrogens with zero attached hydrogens (tertiary/aromatic N) is 3. The Balaban J connectivity index is 1.31. The molecule has 1 saturated heterocycles. The van der Waals surface area contributed by atoms with E-state index in [-0.39, 0.29) is 0 Å². The molecular weight excluding hydrogens is 300 g/mol. The molecule has 3 aromatic rings. The van der Waals surface area contributed by atoms with Gasteiger partial charge in [-0.15, -0.1) is 0 Å². The quantitative estimate of drug-likeness (QED) is 0.779. The highest BCUT2D eigenvalue weighted by Gasteiger charge is 2.23. The van der Waals surface area contributed by atoms with E-state index in [1.54, 1.807) is 0 Å². The number of likely N-dealkylation sites (tertiary alicyclic amines) is 1. The van der Waals surface area contributed by atoms with E-state index in [0.717, 1.165) is 54.7 Å². The maximum atomic E-state index is 5.83. The van der Waals surface area contributed by atoms with Gasteiger partial charge >= 0.3 is 0 Å². The van der Waals surface area contributed by atoms with E-state index in [0.29, 0.717) is 5.92 Å². The first-order chi connectivity index (χ1) is 11.8. The zero-order valence-electron chi connectivity index (χ0n) is 13.9. The Morgan fingerprint density at radius 1 is 1.17 bits per heavy atom. The summed E-state index contributed by atoms with van der Waals surface area (Å²) in [6, 6.07) is 14.0. The third-order valence-electron chi connectivity index (χ3n) is 4.53. The Hall–Kier alpha value is -2.40. The third kappa shape index (κ3) is 3.41. The van der Waals surface area contributed by atoms with Crippen molar-refractivity contribution < 1.29 is 4.42 Å². The molecule has 1 aromatic carbocycles. The predicted octanol–water partition coefficient (Wildman–Crippen LogP) is 3.47. The molecule has 1 fully saturated rings. The first-order valence-electron chi connectivity index (χ1n) is 8.50. The lowest BCUT2D eigenvalue weighted by atomic mass is 10.1. The average Bonchev–Trinajstić information content (AvgIpc) is 3.19. The second-order valence-corrected chi connectivity index (χ2v) is 6.51. The first kappa shape index (κ1) is 15.1. The summed E-state index contributed by atoms with van der Waals surface area (Å²) < 4.78 is 5.83. The minimum Gasteiger partial charge on any atom is -0.439 e. The number of aryl methyl sites for hydroxylation is 1. The Labute approximate surface area is 141 Å². The molecule has 0 saturated carbocycles. The molecule has 0 unspecified atom stereocenters. The van der Waals surface area contributed by atoms with Crippen LogP contribution in [0.3, 0.4) is 0 Å². The van der Waals surface area contributed by atoms with Crippen LogP contribution in [0.1, 0.15) is 18.0 Å². The Bertz CT molecular complexity index is 796. The van der Waals surface area contributed by atoms with E-state index in [2.05, 4.69) is 20.2 Å². The fourth-order valence-electron chi connectivity index (χ4n) is 3.29. The van der Waals surface area contributed by atoms with Crippen LogP contribution in [0.2, 0.25) is 0 Å². The summed E-state index contributed by atoms with van der Waals surface area (Å²) in [6.07, 6.45) is 1.19. The molecule has 0 amide bonds. The molecule has 5 heteroatoms. The molecule has 1 aliphatic rings. The number of hydrogen-bond donors (Lipinski definition) is 1. The lowest BCUT2D eigenvalue weighted by Crippen LogP contribution is -2.23. The number of rotatable bonds is 5. The van der Waals surface area contributed by atoms with Crippen LogP contribution >= 0.6 is 0 Å². The number of hydrogen-bond acceptors (Lipinski definition) is 5. The van der Waals surface area contributed by atoms with Crippen LogP contribution in [0.4, 0.5) is 5.82 Å². The highest BCUT2D eigenvalue weighted by Crippen LogP contribution is 2.21. The summed E-state index contributed by atoms with van der Waals surface area (Å²) in [4.78, 5) is 11.5. The molecule has 0 bridgehead atoms. The van der Waals surface area contributed by atoms with Crippen molar-refractivity contribution in [2.24, 2.45) is 5.92 Å². The third-order valence-corrected chi connectivity index (χ3v) is 4.53. The van der Waals surface area contributed by atoms with E-state index in [1.165, 1.54) is 6.42 Å². The fourth-order valence-corrected chi connectivity index (χ4v) is 3.29. The largest absolute Gasteiger partial charge is 0.439 e. The van der Waals surface area contributed by atoms with Gasteiger partial charge in [-0.25, -0.2) is 9.97 Å². The molecule has 2 aromatic heterocycles.